The molecular formula is C31H32N4O5. The van der Waals surface area contributed by atoms with Crippen LogP contribution in [-0.2, 0) is 4.84 Å². The van der Waals surface area contributed by atoms with Gasteiger partial charge in [0, 0.05) is 22.0 Å². The van der Waals surface area contributed by atoms with E-state index in [9.17, 15) is 19.8 Å². The van der Waals surface area contributed by atoms with Gasteiger partial charge in [0.05, 0.1) is 35.7 Å². The number of aromatic carboxylic acids is 1. The number of amides is 1. The predicted octanol–water partition coefficient (Wildman–Crippen LogP) is 5.15. The van der Waals surface area contributed by atoms with E-state index in [2.05, 4.69) is 16.9 Å². The minimum atomic E-state index is -1.04. The predicted molar refractivity (Wildman–Crippen MR) is 154 cm³/mol. The van der Waals surface area contributed by atoms with Crippen LogP contribution in [0.1, 0.15) is 50.2 Å². The number of carboxylic acids is 1. The third-order valence-corrected chi connectivity index (χ3v) is 7.41. The van der Waals surface area contributed by atoms with Crippen LogP contribution >= 0.6 is 0 Å². The van der Waals surface area contributed by atoms with Crippen molar-refractivity contribution in [2.24, 2.45) is 4.99 Å². The van der Waals surface area contributed by atoms with Gasteiger partial charge in [-0.15, -0.1) is 0 Å². The van der Waals surface area contributed by atoms with E-state index in [4.69, 9.17) is 9.83 Å². The van der Waals surface area contributed by atoms with Gasteiger partial charge in [-0.2, -0.15) is 0 Å². The minimum Gasteiger partial charge on any atom is -0.494 e. The molecule has 1 aromatic heterocycles. The van der Waals surface area contributed by atoms with Gasteiger partial charge < -0.3 is 20.1 Å². The van der Waals surface area contributed by atoms with Gasteiger partial charge in [-0.25, -0.2) is 14.9 Å². The highest BCUT2D eigenvalue weighted by Gasteiger charge is 2.28. The van der Waals surface area contributed by atoms with E-state index in [-0.39, 0.29) is 23.4 Å². The van der Waals surface area contributed by atoms with E-state index < -0.39 is 5.97 Å². The van der Waals surface area contributed by atoms with Crippen LogP contribution in [0.4, 0.5) is 5.69 Å². The van der Waals surface area contributed by atoms with Gasteiger partial charge in [0.2, 0.25) is 0 Å². The molecule has 0 spiro atoms. The first-order chi connectivity index (χ1) is 19.3. The Balaban J connectivity index is 1.52. The van der Waals surface area contributed by atoms with Crippen molar-refractivity contribution < 1.29 is 24.6 Å². The van der Waals surface area contributed by atoms with E-state index in [1.54, 1.807) is 37.3 Å². The molecule has 0 radical (unpaired) electrons. The van der Waals surface area contributed by atoms with E-state index >= 15 is 0 Å². The average molecular weight is 541 g/mol. The molecule has 206 valence electrons. The molecule has 1 fully saturated rings. The Kier molecular flexibility index (Phi) is 7.68. The SMILES string of the molecule is CON(C(=O)c1ccc(N=C(c2ccccc2)c2c(O)[nH]c3cc(C(=O)O)c(C)cc23)cc1)C1CCN(C)CC1. The number of hydroxylamine groups is 2. The summed E-state index contributed by atoms with van der Waals surface area (Å²) in [4.78, 5) is 40.5. The van der Waals surface area contributed by atoms with E-state index in [0.29, 0.717) is 39.0 Å². The standard InChI is InChI=1S/C31H32N4O5/c1-19-17-25-26(18-24(19)31(38)39)33-29(36)27(25)28(20-7-5-4-6-8-20)32-22-11-9-21(10-12-22)30(37)35(40-3)23-13-15-34(2)16-14-23/h4-12,17-18,23,33,36H,13-16H2,1-3H3,(H,38,39). The highest BCUT2D eigenvalue weighted by molar-refractivity contribution is 6.22. The minimum absolute atomic E-state index is 0.0195. The second-order valence-corrected chi connectivity index (χ2v) is 10.1. The van der Waals surface area contributed by atoms with Crippen LogP contribution in [0, 0.1) is 6.92 Å². The quantitative estimate of drug-likeness (QED) is 0.220. The molecule has 1 aliphatic heterocycles. The Bertz CT molecular complexity index is 1570. The fourth-order valence-corrected chi connectivity index (χ4v) is 5.23. The average Bonchev–Trinajstić information content (AvgIpc) is 3.27. The third kappa shape index (κ3) is 5.34. The molecule has 0 bridgehead atoms. The number of rotatable bonds is 7. The van der Waals surface area contributed by atoms with Crippen molar-refractivity contribution in [1.29, 1.82) is 0 Å². The van der Waals surface area contributed by atoms with Crippen molar-refractivity contribution >= 4 is 34.2 Å². The highest BCUT2D eigenvalue weighted by Crippen LogP contribution is 2.33. The Hall–Kier alpha value is -4.47. The normalized spacial score (nSPS) is 14.9. The Morgan fingerprint density at radius 1 is 1.02 bits per heavy atom. The molecule has 1 aliphatic rings. The fraction of sp³-hybridized carbons (Fsp3) is 0.258. The largest absolute Gasteiger partial charge is 0.494 e. The second kappa shape index (κ2) is 11.3. The van der Waals surface area contributed by atoms with Crippen molar-refractivity contribution in [2.45, 2.75) is 25.8 Å². The summed E-state index contributed by atoms with van der Waals surface area (Å²) >= 11 is 0. The monoisotopic (exact) mass is 540 g/mol. The number of H-pyrrole nitrogens is 1. The zero-order valence-corrected chi connectivity index (χ0v) is 22.7. The molecule has 5 rings (SSSR count). The number of carbonyl (C=O) groups is 2. The lowest BCUT2D eigenvalue weighted by Crippen LogP contribution is -2.46. The topological polar surface area (TPSA) is 118 Å². The number of aromatic nitrogens is 1. The van der Waals surface area contributed by atoms with Crippen LogP contribution in [0.25, 0.3) is 10.9 Å². The smallest absolute Gasteiger partial charge is 0.336 e. The van der Waals surface area contributed by atoms with Crippen molar-refractivity contribution in [2.75, 3.05) is 27.2 Å². The zero-order valence-electron chi connectivity index (χ0n) is 22.7. The zero-order chi connectivity index (χ0) is 28.4. The summed E-state index contributed by atoms with van der Waals surface area (Å²) in [7, 11) is 3.60. The highest BCUT2D eigenvalue weighted by atomic mass is 16.7. The van der Waals surface area contributed by atoms with Crippen LogP contribution in [0.3, 0.4) is 0 Å². The number of likely N-dealkylation sites (tertiary alicyclic amines) is 1. The molecule has 9 nitrogen and oxygen atoms in total. The van der Waals surface area contributed by atoms with Crippen LogP contribution in [0.15, 0.2) is 71.7 Å². The first kappa shape index (κ1) is 27.1. The number of aromatic amines is 1. The summed E-state index contributed by atoms with van der Waals surface area (Å²) in [5, 5.41) is 22.6. The van der Waals surface area contributed by atoms with Gasteiger partial charge in [-0.05, 0) is 81.9 Å². The number of aryl methyl sites for hydroxylation is 1. The number of hydrogen-bond acceptors (Lipinski definition) is 6. The molecule has 1 amide bonds. The van der Waals surface area contributed by atoms with Gasteiger partial charge in [0.1, 0.15) is 0 Å². The summed E-state index contributed by atoms with van der Waals surface area (Å²) in [6, 6.07) is 19.7. The lowest BCUT2D eigenvalue weighted by Gasteiger charge is -2.35. The van der Waals surface area contributed by atoms with Gasteiger partial charge in [-0.3, -0.25) is 9.63 Å². The van der Waals surface area contributed by atoms with E-state index in [1.807, 2.05) is 30.3 Å². The number of hydrogen-bond donors (Lipinski definition) is 3. The van der Waals surface area contributed by atoms with Crippen molar-refractivity contribution in [3.05, 3.63) is 94.5 Å². The van der Waals surface area contributed by atoms with Gasteiger partial charge in [0.15, 0.2) is 5.88 Å². The Labute approximate surface area is 232 Å². The molecule has 0 atom stereocenters. The van der Waals surface area contributed by atoms with Crippen molar-refractivity contribution in [3.63, 3.8) is 0 Å². The molecule has 9 heteroatoms. The second-order valence-electron chi connectivity index (χ2n) is 10.1. The lowest BCUT2D eigenvalue weighted by atomic mass is 9.98. The summed E-state index contributed by atoms with van der Waals surface area (Å²) < 4.78 is 0. The van der Waals surface area contributed by atoms with Crippen LogP contribution in [-0.4, -0.2) is 76.0 Å². The lowest BCUT2D eigenvalue weighted by molar-refractivity contribution is -0.132. The number of carbonyl (C=O) groups excluding carboxylic acids is 1. The number of aromatic hydroxyl groups is 1. The van der Waals surface area contributed by atoms with E-state index in [0.717, 1.165) is 31.5 Å². The number of piperidine rings is 1. The van der Waals surface area contributed by atoms with Gasteiger partial charge in [0.25, 0.3) is 5.91 Å². The molecule has 2 heterocycles. The number of benzene rings is 3. The maximum Gasteiger partial charge on any atom is 0.336 e. The first-order valence-electron chi connectivity index (χ1n) is 13.2. The molecule has 40 heavy (non-hydrogen) atoms. The molecule has 0 unspecified atom stereocenters. The van der Waals surface area contributed by atoms with E-state index in [1.165, 1.54) is 18.2 Å². The number of nitrogens with one attached hydrogen (secondary N) is 1. The van der Waals surface area contributed by atoms with Crippen LogP contribution in [0.5, 0.6) is 5.88 Å². The molecule has 3 N–H and O–H groups in total. The van der Waals surface area contributed by atoms with Crippen LogP contribution < -0.4 is 0 Å². The summed E-state index contributed by atoms with van der Waals surface area (Å²) in [5.74, 6) is -1.35. The summed E-state index contributed by atoms with van der Waals surface area (Å²) in [6.45, 7) is 3.54. The van der Waals surface area contributed by atoms with Crippen molar-refractivity contribution in [1.82, 2.24) is 14.9 Å². The molecule has 0 aliphatic carbocycles. The fourth-order valence-electron chi connectivity index (χ4n) is 5.23. The Morgan fingerprint density at radius 3 is 2.33 bits per heavy atom. The third-order valence-electron chi connectivity index (χ3n) is 7.41. The molecule has 1 saturated heterocycles. The Morgan fingerprint density at radius 2 is 1.70 bits per heavy atom. The summed E-state index contributed by atoms with van der Waals surface area (Å²) in [5.41, 5.74) is 4.05. The number of nitrogens with zero attached hydrogens (tertiary/aromatic N) is 3. The van der Waals surface area contributed by atoms with Crippen molar-refractivity contribution in [3.8, 4) is 5.88 Å². The molecule has 3 aromatic carbocycles. The van der Waals surface area contributed by atoms with Crippen LogP contribution in [0.2, 0.25) is 0 Å². The maximum absolute atomic E-state index is 13.3. The molecular weight excluding hydrogens is 508 g/mol. The number of fused-ring (bicyclic) bond motifs is 1. The number of aliphatic imine (C=N–C) groups is 1. The number of carboxylic acid groups (broad SMARTS) is 1. The summed E-state index contributed by atoms with van der Waals surface area (Å²) in [6.07, 6.45) is 1.70. The first-order valence-corrected chi connectivity index (χ1v) is 13.2. The maximum atomic E-state index is 13.3. The van der Waals surface area contributed by atoms with Gasteiger partial charge in [-0.1, -0.05) is 30.3 Å². The molecule has 0 saturated carbocycles. The molecule has 4 aromatic rings. The van der Waals surface area contributed by atoms with Gasteiger partial charge >= 0.3 is 5.97 Å².